The summed E-state index contributed by atoms with van der Waals surface area (Å²) in [7, 11) is 0. The van der Waals surface area contributed by atoms with Crippen molar-refractivity contribution in [1.82, 2.24) is 5.32 Å². The Morgan fingerprint density at radius 1 is 1.26 bits per heavy atom. The van der Waals surface area contributed by atoms with Crippen LogP contribution in [0.2, 0.25) is 4.34 Å². The van der Waals surface area contributed by atoms with Gasteiger partial charge in [-0.3, -0.25) is 0 Å². The molecule has 1 nitrogen and oxygen atoms in total. The highest BCUT2D eigenvalue weighted by atomic mass is 79.9. The molecule has 19 heavy (non-hydrogen) atoms. The van der Waals surface area contributed by atoms with Gasteiger partial charge >= 0.3 is 0 Å². The third-order valence-electron chi connectivity index (χ3n) is 2.82. The Hall–Kier alpha value is 0.130. The number of halogens is 3. The lowest BCUT2D eigenvalue weighted by molar-refractivity contribution is 0.551. The SMILES string of the molecule is CCNC(Cc1ccc(Cl)s1)c1ccc(Br)cc1Br. The molecule has 0 spiro atoms. The third kappa shape index (κ3) is 4.30. The first-order chi connectivity index (χ1) is 9.10. The smallest absolute Gasteiger partial charge is 0.0931 e. The van der Waals surface area contributed by atoms with E-state index >= 15 is 0 Å². The van der Waals surface area contributed by atoms with E-state index in [9.17, 15) is 0 Å². The van der Waals surface area contributed by atoms with Crippen LogP contribution in [0, 0.1) is 0 Å². The van der Waals surface area contributed by atoms with E-state index in [-0.39, 0.29) is 0 Å². The topological polar surface area (TPSA) is 12.0 Å². The van der Waals surface area contributed by atoms with E-state index < -0.39 is 0 Å². The van der Waals surface area contributed by atoms with Gasteiger partial charge in [0.25, 0.3) is 0 Å². The number of rotatable bonds is 5. The molecule has 0 saturated heterocycles. The van der Waals surface area contributed by atoms with Gasteiger partial charge in [0.2, 0.25) is 0 Å². The zero-order valence-corrected chi connectivity index (χ0v) is 15.2. The number of hydrogen-bond donors (Lipinski definition) is 1. The predicted molar refractivity (Wildman–Crippen MR) is 91.3 cm³/mol. The molecule has 0 amide bonds. The maximum absolute atomic E-state index is 6.00. The van der Waals surface area contributed by atoms with Crippen LogP contribution in [0.4, 0.5) is 0 Å². The van der Waals surface area contributed by atoms with Gasteiger partial charge in [0.05, 0.1) is 4.34 Å². The van der Waals surface area contributed by atoms with E-state index in [0.717, 1.165) is 26.2 Å². The van der Waals surface area contributed by atoms with Gasteiger partial charge in [-0.1, -0.05) is 56.5 Å². The number of benzene rings is 1. The van der Waals surface area contributed by atoms with Gasteiger partial charge in [-0.15, -0.1) is 11.3 Å². The van der Waals surface area contributed by atoms with E-state index in [1.807, 2.05) is 6.07 Å². The molecule has 1 N–H and O–H groups in total. The fourth-order valence-corrected chi connectivity index (χ4v) is 4.44. The summed E-state index contributed by atoms with van der Waals surface area (Å²) in [6.07, 6.45) is 0.950. The monoisotopic (exact) mass is 421 g/mol. The normalized spacial score (nSPS) is 12.6. The largest absolute Gasteiger partial charge is 0.310 e. The zero-order chi connectivity index (χ0) is 13.8. The van der Waals surface area contributed by atoms with Crippen LogP contribution in [-0.4, -0.2) is 6.54 Å². The minimum atomic E-state index is 0.294. The van der Waals surface area contributed by atoms with E-state index in [0.29, 0.717) is 6.04 Å². The lowest BCUT2D eigenvalue weighted by atomic mass is 10.0. The summed E-state index contributed by atoms with van der Waals surface area (Å²) in [4.78, 5) is 1.30. The molecule has 0 saturated carbocycles. The van der Waals surface area contributed by atoms with Crippen LogP contribution in [0.3, 0.4) is 0 Å². The van der Waals surface area contributed by atoms with Crippen molar-refractivity contribution in [3.05, 3.63) is 54.1 Å². The molecule has 1 unspecified atom stereocenters. The fraction of sp³-hybridized carbons (Fsp3) is 0.286. The van der Waals surface area contributed by atoms with Crippen molar-refractivity contribution in [2.45, 2.75) is 19.4 Å². The number of hydrogen-bond acceptors (Lipinski definition) is 2. The first-order valence-corrected chi connectivity index (χ1v) is 8.80. The molecule has 0 bridgehead atoms. The second-order valence-corrected chi connectivity index (χ2v) is 7.76. The Balaban J connectivity index is 2.23. The minimum Gasteiger partial charge on any atom is -0.310 e. The number of likely N-dealkylation sites (N-methyl/N-ethyl adjacent to an activating group) is 1. The van der Waals surface area contributed by atoms with Crippen LogP contribution in [0.5, 0.6) is 0 Å². The molecular weight excluding hydrogens is 409 g/mol. The molecule has 0 fully saturated rings. The number of thiophene rings is 1. The van der Waals surface area contributed by atoms with E-state index in [4.69, 9.17) is 11.6 Å². The van der Waals surface area contributed by atoms with Crippen molar-refractivity contribution in [3.63, 3.8) is 0 Å². The summed E-state index contributed by atoms with van der Waals surface area (Å²) < 4.78 is 3.05. The van der Waals surface area contributed by atoms with Crippen LogP contribution in [0.1, 0.15) is 23.4 Å². The Morgan fingerprint density at radius 2 is 2.05 bits per heavy atom. The van der Waals surface area contributed by atoms with Crippen molar-refractivity contribution < 1.29 is 0 Å². The average Bonchev–Trinajstić information content (AvgIpc) is 2.74. The van der Waals surface area contributed by atoms with Gasteiger partial charge in [-0.05, 0) is 36.4 Å². The molecule has 0 aliphatic heterocycles. The molecule has 5 heteroatoms. The van der Waals surface area contributed by atoms with Gasteiger partial charge < -0.3 is 5.32 Å². The lowest BCUT2D eigenvalue weighted by Gasteiger charge is -2.19. The average molecular weight is 424 g/mol. The Kier molecular flexibility index (Phi) is 5.90. The zero-order valence-electron chi connectivity index (χ0n) is 10.4. The van der Waals surface area contributed by atoms with Crippen LogP contribution in [0.25, 0.3) is 0 Å². The first kappa shape index (κ1) is 15.5. The first-order valence-electron chi connectivity index (χ1n) is 6.02. The summed E-state index contributed by atoms with van der Waals surface area (Å²) >= 11 is 14.8. The third-order valence-corrected chi connectivity index (χ3v) is 5.26. The van der Waals surface area contributed by atoms with Crippen molar-refractivity contribution in [2.75, 3.05) is 6.54 Å². The van der Waals surface area contributed by atoms with Crippen LogP contribution < -0.4 is 5.32 Å². The lowest BCUT2D eigenvalue weighted by Crippen LogP contribution is -2.23. The Morgan fingerprint density at radius 3 is 2.63 bits per heavy atom. The van der Waals surface area contributed by atoms with Crippen molar-refractivity contribution in [3.8, 4) is 0 Å². The summed E-state index contributed by atoms with van der Waals surface area (Å²) in [6.45, 7) is 3.06. The van der Waals surface area contributed by atoms with Gasteiger partial charge in [-0.2, -0.15) is 0 Å². The molecule has 1 aromatic heterocycles. The molecule has 1 aromatic carbocycles. The molecule has 2 rings (SSSR count). The Labute approximate surface area is 139 Å². The predicted octanol–water partition coefficient (Wildman–Crippen LogP) is 5.82. The molecular formula is C14H14Br2ClNS. The summed E-state index contributed by atoms with van der Waals surface area (Å²) in [5.41, 5.74) is 1.27. The standard InChI is InChI=1S/C14H14Br2ClNS/c1-2-18-13(8-10-4-6-14(17)19-10)11-5-3-9(15)7-12(11)16/h3-7,13,18H,2,8H2,1H3. The van der Waals surface area contributed by atoms with Gasteiger partial charge in [-0.25, -0.2) is 0 Å². The summed E-state index contributed by atoms with van der Waals surface area (Å²) in [6, 6.07) is 10.7. The molecule has 102 valence electrons. The van der Waals surface area contributed by atoms with Crippen molar-refractivity contribution in [1.29, 1.82) is 0 Å². The second-order valence-electron chi connectivity index (χ2n) is 4.19. The van der Waals surface area contributed by atoms with Crippen molar-refractivity contribution in [2.24, 2.45) is 0 Å². The molecule has 1 heterocycles. The van der Waals surface area contributed by atoms with E-state index in [2.05, 4.69) is 68.4 Å². The van der Waals surface area contributed by atoms with Crippen LogP contribution in [0.15, 0.2) is 39.3 Å². The van der Waals surface area contributed by atoms with E-state index in [1.54, 1.807) is 11.3 Å². The number of nitrogens with one attached hydrogen (secondary N) is 1. The molecule has 2 aromatic rings. The Bertz CT molecular complexity index is 556. The molecule has 0 radical (unpaired) electrons. The summed E-state index contributed by atoms with van der Waals surface area (Å²) in [5, 5.41) is 3.54. The molecule has 0 aliphatic carbocycles. The highest BCUT2D eigenvalue weighted by Gasteiger charge is 2.15. The van der Waals surface area contributed by atoms with Crippen LogP contribution in [-0.2, 0) is 6.42 Å². The minimum absolute atomic E-state index is 0.294. The molecule has 0 aliphatic rings. The van der Waals surface area contributed by atoms with Gasteiger partial charge in [0, 0.05) is 26.3 Å². The highest BCUT2D eigenvalue weighted by Crippen LogP contribution is 2.31. The van der Waals surface area contributed by atoms with Gasteiger partial charge in [0.15, 0.2) is 0 Å². The second kappa shape index (κ2) is 7.23. The molecule has 1 atom stereocenters. The fourth-order valence-electron chi connectivity index (χ4n) is 1.99. The maximum Gasteiger partial charge on any atom is 0.0931 e. The van der Waals surface area contributed by atoms with Gasteiger partial charge in [0.1, 0.15) is 0 Å². The van der Waals surface area contributed by atoms with E-state index in [1.165, 1.54) is 10.4 Å². The quantitative estimate of drug-likeness (QED) is 0.639. The highest BCUT2D eigenvalue weighted by molar-refractivity contribution is 9.11. The summed E-state index contributed by atoms with van der Waals surface area (Å²) in [5.74, 6) is 0. The van der Waals surface area contributed by atoms with Crippen molar-refractivity contribution >= 4 is 54.8 Å². The van der Waals surface area contributed by atoms with Crippen LogP contribution >= 0.6 is 54.8 Å². The maximum atomic E-state index is 6.00.